The first-order chi connectivity index (χ1) is 9.85. The Balaban J connectivity index is 2.37. The molecule has 1 aliphatic rings. The molecule has 21 heavy (non-hydrogen) atoms. The average molecular weight is 321 g/mol. The van der Waals surface area contributed by atoms with Crippen molar-refractivity contribution in [1.82, 2.24) is 19.2 Å². The molecule has 0 amide bonds. The first kappa shape index (κ1) is 18.8. The van der Waals surface area contributed by atoms with E-state index in [-0.39, 0.29) is 6.04 Å². The maximum Gasteiger partial charge on any atom is 0.279 e. The Labute approximate surface area is 130 Å². The molecule has 0 bridgehead atoms. The standard InChI is InChI=1S/C14H32N4O2S/c1-5-18-11-6-8-14(12-18)16-21(19,20)17(4)10-7-9-15-13(2)3/h13-16H,5-12H2,1-4H3. The van der Waals surface area contributed by atoms with Crippen molar-refractivity contribution < 1.29 is 8.42 Å². The Kier molecular flexibility index (Phi) is 8.12. The van der Waals surface area contributed by atoms with Crippen LogP contribution in [0.2, 0.25) is 0 Å². The summed E-state index contributed by atoms with van der Waals surface area (Å²) in [5.41, 5.74) is 0. The van der Waals surface area contributed by atoms with Gasteiger partial charge in [0.05, 0.1) is 0 Å². The van der Waals surface area contributed by atoms with Gasteiger partial charge in [0.25, 0.3) is 10.2 Å². The fourth-order valence-electron chi connectivity index (χ4n) is 2.55. The van der Waals surface area contributed by atoms with E-state index < -0.39 is 10.2 Å². The zero-order valence-corrected chi connectivity index (χ0v) is 14.7. The smallest absolute Gasteiger partial charge is 0.279 e. The van der Waals surface area contributed by atoms with E-state index in [1.807, 2.05) is 0 Å². The molecular weight excluding hydrogens is 288 g/mol. The lowest BCUT2D eigenvalue weighted by molar-refractivity contribution is 0.210. The SMILES string of the molecule is CCN1CCCC(NS(=O)(=O)N(C)CCCNC(C)C)C1. The first-order valence-corrected chi connectivity index (χ1v) is 9.48. The monoisotopic (exact) mass is 320 g/mol. The zero-order chi connectivity index (χ0) is 15.9. The van der Waals surface area contributed by atoms with Crippen molar-refractivity contribution in [2.24, 2.45) is 0 Å². The Bertz CT molecular complexity index is 386. The van der Waals surface area contributed by atoms with Crippen LogP contribution in [0.25, 0.3) is 0 Å². The Morgan fingerprint density at radius 2 is 2.10 bits per heavy atom. The predicted octanol–water partition coefficient (Wildman–Crippen LogP) is 0.625. The molecule has 1 unspecified atom stereocenters. The number of hydrogen-bond donors (Lipinski definition) is 2. The van der Waals surface area contributed by atoms with E-state index in [1.165, 1.54) is 4.31 Å². The van der Waals surface area contributed by atoms with Crippen LogP contribution in [0.5, 0.6) is 0 Å². The Hall–Kier alpha value is -0.210. The topological polar surface area (TPSA) is 64.7 Å². The van der Waals surface area contributed by atoms with Crippen LogP contribution in [-0.2, 0) is 10.2 Å². The molecule has 1 rings (SSSR count). The van der Waals surface area contributed by atoms with Gasteiger partial charge in [-0.2, -0.15) is 17.4 Å². The molecule has 1 fully saturated rings. The molecule has 1 heterocycles. The predicted molar refractivity (Wildman–Crippen MR) is 87.6 cm³/mol. The largest absolute Gasteiger partial charge is 0.314 e. The highest BCUT2D eigenvalue weighted by Gasteiger charge is 2.25. The highest BCUT2D eigenvalue weighted by atomic mass is 32.2. The van der Waals surface area contributed by atoms with Crippen molar-refractivity contribution in [2.45, 2.75) is 52.1 Å². The third-order valence-electron chi connectivity index (χ3n) is 3.88. The van der Waals surface area contributed by atoms with E-state index in [0.717, 1.165) is 45.4 Å². The van der Waals surface area contributed by atoms with E-state index >= 15 is 0 Å². The minimum Gasteiger partial charge on any atom is -0.314 e. The van der Waals surface area contributed by atoms with Crippen molar-refractivity contribution in [3.63, 3.8) is 0 Å². The van der Waals surface area contributed by atoms with Gasteiger partial charge in [0, 0.05) is 32.2 Å². The van der Waals surface area contributed by atoms with Gasteiger partial charge < -0.3 is 10.2 Å². The molecule has 1 atom stereocenters. The summed E-state index contributed by atoms with van der Waals surface area (Å²) < 4.78 is 28.9. The minimum absolute atomic E-state index is 0.0416. The van der Waals surface area contributed by atoms with Gasteiger partial charge in [-0.3, -0.25) is 0 Å². The zero-order valence-electron chi connectivity index (χ0n) is 13.9. The molecule has 0 aromatic rings. The summed E-state index contributed by atoms with van der Waals surface area (Å²) >= 11 is 0. The minimum atomic E-state index is -3.36. The number of nitrogens with zero attached hydrogens (tertiary/aromatic N) is 2. The molecule has 0 aromatic carbocycles. The van der Waals surface area contributed by atoms with Crippen LogP contribution in [0.1, 0.15) is 40.0 Å². The number of rotatable bonds is 9. The van der Waals surface area contributed by atoms with Crippen LogP contribution in [-0.4, -0.2) is 69.5 Å². The van der Waals surface area contributed by atoms with Crippen molar-refractivity contribution in [1.29, 1.82) is 0 Å². The summed E-state index contributed by atoms with van der Waals surface area (Å²) in [4.78, 5) is 2.29. The first-order valence-electron chi connectivity index (χ1n) is 8.04. The lowest BCUT2D eigenvalue weighted by Crippen LogP contribution is -2.51. The highest BCUT2D eigenvalue weighted by Crippen LogP contribution is 2.11. The van der Waals surface area contributed by atoms with Gasteiger partial charge in [-0.25, -0.2) is 0 Å². The van der Waals surface area contributed by atoms with Crippen LogP contribution in [0.3, 0.4) is 0 Å². The summed E-state index contributed by atoms with van der Waals surface area (Å²) in [7, 11) is -1.71. The van der Waals surface area contributed by atoms with Crippen LogP contribution in [0.15, 0.2) is 0 Å². The summed E-state index contributed by atoms with van der Waals surface area (Å²) in [6.45, 7) is 10.5. The number of nitrogens with one attached hydrogen (secondary N) is 2. The number of likely N-dealkylation sites (N-methyl/N-ethyl adjacent to an activating group) is 1. The van der Waals surface area contributed by atoms with Crippen LogP contribution in [0.4, 0.5) is 0 Å². The average Bonchev–Trinajstić information content (AvgIpc) is 2.42. The Morgan fingerprint density at radius 3 is 2.71 bits per heavy atom. The molecule has 0 aliphatic carbocycles. The molecule has 1 aliphatic heterocycles. The van der Waals surface area contributed by atoms with E-state index in [2.05, 4.69) is 35.7 Å². The lowest BCUT2D eigenvalue weighted by atomic mass is 10.1. The van der Waals surface area contributed by atoms with Gasteiger partial charge in [-0.15, -0.1) is 0 Å². The van der Waals surface area contributed by atoms with E-state index in [0.29, 0.717) is 12.6 Å². The molecule has 0 saturated carbocycles. The van der Waals surface area contributed by atoms with Gasteiger partial charge >= 0.3 is 0 Å². The van der Waals surface area contributed by atoms with Crippen molar-refractivity contribution >= 4 is 10.2 Å². The molecule has 0 spiro atoms. The maximum absolute atomic E-state index is 12.3. The van der Waals surface area contributed by atoms with Crippen LogP contribution in [0, 0.1) is 0 Å². The lowest BCUT2D eigenvalue weighted by Gasteiger charge is -2.33. The second-order valence-corrected chi connectivity index (χ2v) is 7.95. The van der Waals surface area contributed by atoms with Crippen molar-refractivity contribution in [3.05, 3.63) is 0 Å². The fourth-order valence-corrected chi connectivity index (χ4v) is 3.72. The molecule has 126 valence electrons. The van der Waals surface area contributed by atoms with Crippen LogP contribution >= 0.6 is 0 Å². The van der Waals surface area contributed by atoms with Gasteiger partial charge in [-0.05, 0) is 38.9 Å². The molecule has 6 nitrogen and oxygen atoms in total. The van der Waals surface area contributed by atoms with Gasteiger partial charge in [0.15, 0.2) is 0 Å². The second-order valence-electron chi connectivity index (χ2n) is 6.14. The fraction of sp³-hybridized carbons (Fsp3) is 1.00. The molecule has 0 aromatic heterocycles. The van der Waals surface area contributed by atoms with E-state index in [4.69, 9.17) is 0 Å². The summed E-state index contributed by atoms with van der Waals surface area (Å²) in [6, 6.07) is 0.479. The number of hydrogen-bond acceptors (Lipinski definition) is 4. The number of likely N-dealkylation sites (tertiary alicyclic amines) is 1. The molecule has 0 radical (unpaired) electrons. The molecule has 1 saturated heterocycles. The van der Waals surface area contributed by atoms with Gasteiger partial charge in [0.1, 0.15) is 0 Å². The van der Waals surface area contributed by atoms with Crippen molar-refractivity contribution in [3.8, 4) is 0 Å². The van der Waals surface area contributed by atoms with Crippen LogP contribution < -0.4 is 10.0 Å². The summed E-state index contributed by atoms with van der Waals surface area (Å²) in [5, 5.41) is 3.30. The third kappa shape index (κ3) is 7.06. The van der Waals surface area contributed by atoms with Gasteiger partial charge in [-0.1, -0.05) is 20.8 Å². The molecular formula is C14H32N4O2S. The van der Waals surface area contributed by atoms with Gasteiger partial charge in [0.2, 0.25) is 0 Å². The molecule has 2 N–H and O–H groups in total. The van der Waals surface area contributed by atoms with E-state index in [1.54, 1.807) is 7.05 Å². The van der Waals surface area contributed by atoms with E-state index in [9.17, 15) is 8.42 Å². The summed E-state index contributed by atoms with van der Waals surface area (Å²) in [6.07, 6.45) is 2.81. The van der Waals surface area contributed by atoms with Crippen molar-refractivity contribution in [2.75, 3.05) is 39.8 Å². The maximum atomic E-state index is 12.3. The number of piperidine rings is 1. The Morgan fingerprint density at radius 1 is 1.38 bits per heavy atom. The highest BCUT2D eigenvalue weighted by molar-refractivity contribution is 7.87. The normalized spacial score (nSPS) is 21.3. The summed E-state index contributed by atoms with van der Waals surface area (Å²) in [5.74, 6) is 0. The quantitative estimate of drug-likeness (QED) is 0.612. The molecule has 7 heteroatoms. The third-order valence-corrected chi connectivity index (χ3v) is 5.52. The second kappa shape index (κ2) is 9.05.